The molecule has 29 heavy (non-hydrogen) atoms. The third-order valence-electron chi connectivity index (χ3n) is 4.82. The molecular formula is C22H24N2O5. The molecule has 1 aliphatic rings. The Labute approximate surface area is 169 Å². The number of rotatable bonds is 8. The number of para-hydroxylation sites is 2. The third-order valence-corrected chi connectivity index (χ3v) is 4.82. The second-order valence-electron chi connectivity index (χ2n) is 6.93. The number of nitrogens with one attached hydrogen (secondary N) is 1. The van der Waals surface area contributed by atoms with E-state index >= 15 is 0 Å². The fraction of sp³-hybridized carbons (Fsp3) is 0.318. The van der Waals surface area contributed by atoms with Gasteiger partial charge in [0.1, 0.15) is 5.75 Å². The number of carboxylic acids is 1. The van der Waals surface area contributed by atoms with Gasteiger partial charge in [-0.05, 0) is 31.0 Å². The summed E-state index contributed by atoms with van der Waals surface area (Å²) in [4.78, 5) is 37.6. The van der Waals surface area contributed by atoms with Gasteiger partial charge in [-0.2, -0.15) is 0 Å². The molecule has 2 amide bonds. The van der Waals surface area contributed by atoms with E-state index in [4.69, 9.17) is 9.84 Å². The lowest BCUT2D eigenvalue weighted by Gasteiger charge is -2.33. The van der Waals surface area contributed by atoms with Gasteiger partial charge in [-0.25, -0.2) is 0 Å². The number of hydrogen-bond donors (Lipinski definition) is 2. The molecule has 7 heteroatoms. The molecule has 0 radical (unpaired) electrons. The van der Waals surface area contributed by atoms with Gasteiger partial charge in [-0.1, -0.05) is 42.5 Å². The maximum absolute atomic E-state index is 12.6. The Morgan fingerprint density at radius 1 is 1.10 bits per heavy atom. The zero-order chi connectivity index (χ0) is 20.8. The van der Waals surface area contributed by atoms with Crippen LogP contribution in [-0.4, -0.2) is 35.5 Å². The molecule has 152 valence electrons. The molecule has 0 aromatic heterocycles. The summed E-state index contributed by atoms with van der Waals surface area (Å²) in [5, 5.41) is 11.9. The van der Waals surface area contributed by atoms with E-state index in [-0.39, 0.29) is 31.2 Å². The SMILES string of the molecule is C[C@@H]1Oc2ccccc2N(CCC(=O)N[C@@H](CCC(=O)O)c2ccccc2)C1=O. The van der Waals surface area contributed by atoms with Crippen LogP contribution in [0, 0.1) is 0 Å². The Morgan fingerprint density at radius 3 is 2.52 bits per heavy atom. The summed E-state index contributed by atoms with van der Waals surface area (Å²) in [6, 6.07) is 16.1. The first kappa shape index (κ1) is 20.4. The number of hydrogen-bond acceptors (Lipinski definition) is 4. The van der Waals surface area contributed by atoms with Crippen LogP contribution in [0.5, 0.6) is 5.75 Å². The van der Waals surface area contributed by atoms with Crippen LogP contribution in [0.1, 0.15) is 37.8 Å². The van der Waals surface area contributed by atoms with Gasteiger partial charge < -0.3 is 20.1 Å². The van der Waals surface area contributed by atoms with Crippen molar-refractivity contribution in [3.05, 3.63) is 60.2 Å². The van der Waals surface area contributed by atoms with Crippen LogP contribution in [0.25, 0.3) is 0 Å². The molecular weight excluding hydrogens is 372 g/mol. The Hall–Kier alpha value is -3.35. The van der Waals surface area contributed by atoms with Gasteiger partial charge in [0.15, 0.2) is 6.10 Å². The summed E-state index contributed by atoms with van der Waals surface area (Å²) in [5.41, 5.74) is 1.50. The van der Waals surface area contributed by atoms with Crippen molar-refractivity contribution in [2.45, 2.75) is 38.3 Å². The van der Waals surface area contributed by atoms with Crippen LogP contribution in [0.2, 0.25) is 0 Å². The summed E-state index contributed by atoms with van der Waals surface area (Å²) in [7, 11) is 0. The lowest BCUT2D eigenvalue weighted by Crippen LogP contribution is -2.46. The number of aliphatic carboxylic acids is 1. The molecule has 2 aromatic rings. The zero-order valence-electron chi connectivity index (χ0n) is 16.2. The predicted molar refractivity (Wildman–Crippen MR) is 108 cm³/mol. The van der Waals surface area contributed by atoms with E-state index in [1.165, 1.54) is 0 Å². The van der Waals surface area contributed by atoms with Crippen LogP contribution < -0.4 is 15.0 Å². The van der Waals surface area contributed by atoms with Crippen molar-refractivity contribution >= 4 is 23.5 Å². The largest absolute Gasteiger partial charge is 0.481 e. The van der Waals surface area contributed by atoms with Crippen LogP contribution in [0.15, 0.2) is 54.6 Å². The van der Waals surface area contributed by atoms with Crippen molar-refractivity contribution < 1.29 is 24.2 Å². The maximum atomic E-state index is 12.6. The average Bonchev–Trinajstić information content (AvgIpc) is 2.72. The Kier molecular flexibility index (Phi) is 6.49. The molecule has 3 rings (SSSR count). The van der Waals surface area contributed by atoms with Crippen molar-refractivity contribution in [3.63, 3.8) is 0 Å². The molecule has 0 unspecified atom stereocenters. The first-order valence-corrected chi connectivity index (χ1v) is 9.59. The van der Waals surface area contributed by atoms with Crippen LogP contribution >= 0.6 is 0 Å². The monoisotopic (exact) mass is 396 g/mol. The maximum Gasteiger partial charge on any atom is 0.303 e. The van der Waals surface area contributed by atoms with Gasteiger partial charge >= 0.3 is 5.97 Å². The highest BCUT2D eigenvalue weighted by atomic mass is 16.5. The van der Waals surface area contributed by atoms with Gasteiger partial charge in [0.25, 0.3) is 5.91 Å². The highest BCUT2D eigenvalue weighted by molar-refractivity contribution is 6.00. The molecule has 0 fully saturated rings. The molecule has 2 N–H and O–H groups in total. The Bertz CT molecular complexity index is 884. The van der Waals surface area contributed by atoms with E-state index < -0.39 is 18.1 Å². The molecule has 2 aromatic carbocycles. The molecule has 2 atom stereocenters. The predicted octanol–water partition coefficient (Wildman–Crippen LogP) is 2.91. The molecule has 0 spiro atoms. The number of anilines is 1. The number of amides is 2. The van der Waals surface area contributed by atoms with E-state index in [1.807, 2.05) is 42.5 Å². The first-order chi connectivity index (χ1) is 14.0. The number of benzene rings is 2. The van der Waals surface area contributed by atoms with Gasteiger partial charge in [0, 0.05) is 19.4 Å². The number of nitrogens with zero attached hydrogens (tertiary/aromatic N) is 1. The van der Waals surface area contributed by atoms with Crippen molar-refractivity contribution in [2.24, 2.45) is 0 Å². The van der Waals surface area contributed by atoms with Gasteiger partial charge in [-0.15, -0.1) is 0 Å². The van der Waals surface area contributed by atoms with Crippen LogP contribution in [-0.2, 0) is 14.4 Å². The minimum atomic E-state index is -0.912. The second-order valence-corrected chi connectivity index (χ2v) is 6.93. The quantitative estimate of drug-likeness (QED) is 0.715. The number of ether oxygens (including phenoxy) is 1. The average molecular weight is 396 g/mol. The molecule has 1 heterocycles. The first-order valence-electron chi connectivity index (χ1n) is 9.59. The number of fused-ring (bicyclic) bond motifs is 1. The van der Waals surface area contributed by atoms with E-state index in [0.717, 1.165) is 5.56 Å². The van der Waals surface area contributed by atoms with Crippen molar-refractivity contribution in [3.8, 4) is 5.75 Å². The molecule has 0 bridgehead atoms. The van der Waals surface area contributed by atoms with Crippen LogP contribution in [0.4, 0.5) is 5.69 Å². The molecule has 0 aliphatic carbocycles. The minimum Gasteiger partial charge on any atom is -0.481 e. The topological polar surface area (TPSA) is 95.9 Å². The standard InChI is InChI=1S/C22H24N2O5/c1-15-22(28)24(18-9-5-6-10-19(18)29-15)14-13-20(25)23-17(11-12-21(26)27)16-7-3-2-4-8-16/h2-10,15,17H,11-14H2,1H3,(H,23,25)(H,26,27)/t15-,17-/m0/s1. The molecule has 1 aliphatic heterocycles. The third kappa shape index (κ3) is 5.13. The molecule has 0 saturated heterocycles. The minimum absolute atomic E-state index is 0.0489. The highest BCUT2D eigenvalue weighted by Crippen LogP contribution is 2.33. The summed E-state index contributed by atoms with van der Waals surface area (Å²) in [6.45, 7) is 1.90. The van der Waals surface area contributed by atoms with E-state index in [2.05, 4.69) is 5.32 Å². The van der Waals surface area contributed by atoms with Crippen molar-refractivity contribution in [2.75, 3.05) is 11.4 Å². The van der Waals surface area contributed by atoms with E-state index in [9.17, 15) is 14.4 Å². The summed E-state index contributed by atoms with van der Waals surface area (Å²) in [5.74, 6) is -0.732. The number of carbonyl (C=O) groups excluding carboxylic acids is 2. The lowest BCUT2D eigenvalue weighted by atomic mass is 10.0. The number of carboxylic acid groups (broad SMARTS) is 1. The number of carbonyl (C=O) groups is 3. The van der Waals surface area contributed by atoms with Gasteiger partial charge in [-0.3, -0.25) is 14.4 Å². The lowest BCUT2D eigenvalue weighted by molar-refractivity contribution is -0.137. The van der Waals surface area contributed by atoms with Gasteiger partial charge in [0.2, 0.25) is 5.91 Å². The molecule has 7 nitrogen and oxygen atoms in total. The van der Waals surface area contributed by atoms with Crippen molar-refractivity contribution in [1.29, 1.82) is 0 Å². The highest BCUT2D eigenvalue weighted by Gasteiger charge is 2.31. The summed E-state index contributed by atoms with van der Waals surface area (Å²) in [6.07, 6.45) is -0.266. The fourth-order valence-electron chi connectivity index (χ4n) is 3.34. The van der Waals surface area contributed by atoms with E-state index in [0.29, 0.717) is 17.9 Å². The molecule has 0 saturated carbocycles. The zero-order valence-corrected chi connectivity index (χ0v) is 16.2. The summed E-state index contributed by atoms with van der Waals surface area (Å²) < 4.78 is 5.61. The summed E-state index contributed by atoms with van der Waals surface area (Å²) >= 11 is 0. The van der Waals surface area contributed by atoms with E-state index in [1.54, 1.807) is 24.0 Å². The second kappa shape index (κ2) is 9.23. The smallest absolute Gasteiger partial charge is 0.303 e. The normalized spacial score (nSPS) is 16.5. The van der Waals surface area contributed by atoms with Crippen LogP contribution in [0.3, 0.4) is 0 Å². The van der Waals surface area contributed by atoms with Gasteiger partial charge in [0.05, 0.1) is 11.7 Å². The Balaban J connectivity index is 1.66. The van der Waals surface area contributed by atoms with Crippen molar-refractivity contribution in [1.82, 2.24) is 5.32 Å². The Morgan fingerprint density at radius 2 is 1.79 bits per heavy atom. The fourth-order valence-corrected chi connectivity index (χ4v) is 3.34.